The molecule has 0 unspecified atom stereocenters. The van der Waals surface area contributed by atoms with Gasteiger partial charge in [-0.3, -0.25) is 14.9 Å². The molecule has 2 amide bonds. The standard InChI is InChI=1S/C27H29N3O5S/c1-17-6-12-23(22(14-17)25(33)19-4-2-3-5-19)29-26(34)30-27-28-15-21(36-27)16-35-20-10-7-18(8-11-20)9-13-24(31)32/h6-8,10-12,14-15,19H,2-5,9,13,16H2,1H3,(H,31,32)(H2,28,29,30,34). The Labute approximate surface area is 213 Å². The minimum absolute atomic E-state index is 0.0258. The molecule has 2 aromatic carbocycles. The van der Waals surface area contributed by atoms with E-state index in [-0.39, 0.29) is 24.7 Å². The Morgan fingerprint density at radius 1 is 1.08 bits per heavy atom. The van der Waals surface area contributed by atoms with Gasteiger partial charge in [0.05, 0.1) is 10.6 Å². The van der Waals surface area contributed by atoms with E-state index in [0.29, 0.717) is 28.6 Å². The number of hydrogen-bond acceptors (Lipinski definition) is 6. The number of benzene rings is 2. The second kappa shape index (κ2) is 11.8. The van der Waals surface area contributed by atoms with E-state index < -0.39 is 12.0 Å². The van der Waals surface area contributed by atoms with E-state index in [1.165, 1.54) is 11.3 Å². The summed E-state index contributed by atoms with van der Waals surface area (Å²) >= 11 is 1.30. The molecule has 1 saturated carbocycles. The lowest BCUT2D eigenvalue weighted by atomic mass is 9.94. The summed E-state index contributed by atoms with van der Waals surface area (Å²) in [7, 11) is 0. The van der Waals surface area contributed by atoms with Crippen molar-refractivity contribution in [3.8, 4) is 5.75 Å². The Morgan fingerprint density at radius 3 is 2.56 bits per heavy atom. The number of thiazole rings is 1. The van der Waals surface area contributed by atoms with Crippen molar-refractivity contribution in [1.29, 1.82) is 0 Å². The largest absolute Gasteiger partial charge is 0.488 e. The second-order valence-corrected chi connectivity index (χ2v) is 10.0. The highest BCUT2D eigenvalue weighted by molar-refractivity contribution is 7.15. The van der Waals surface area contributed by atoms with Crippen molar-refractivity contribution >= 4 is 39.9 Å². The highest BCUT2D eigenvalue weighted by atomic mass is 32.1. The number of anilines is 2. The molecule has 1 aliphatic carbocycles. The van der Waals surface area contributed by atoms with Crippen molar-refractivity contribution in [2.45, 2.75) is 52.1 Å². The van der Waals surface area contributed by atoms with Gasteiger partial charge in [0.15, 0.2) is 10.9 Å². The third-order valence-corrected chi connectivity index (χ3v) is 7.01. The Hall–Kier alpha value is -3.72. The van der Waals surface area contributed by atoms with Crippen LogP contribution in [0.5, 0.6) is 5.75 Å². The van der Waals surface area contributed by atoms with E-state index in [0.717, 1.165) is 41.7 Å². The lowest BCUT2D eigenvalue weighted by Crippen LogP contribution is -2.22. The number of rotatable bonds is 10. The first-order valence-electron chi connectivity index (χ1n) is 12.0. The molecule has 0 radical (unpaired) electrons. The van der Waals surface area contributed by atoms with E-state index in [1.807, 2.05) is 31.2 Å². The number of ketones is 1. The number of nitrogens with zero attached hydrogens (tertiary/aromatic N) is 1. The monoisotopic (exact) mass is 507 g/mol. The molecule has 0 bridgehead atoms. The molecule has 1 aromatic heterocycles. The van der Waals surface area contributed by atoms with Crippen LogP contribution in [-0.4, -0.2) is 27.9 Å². The molecule has 0 saturated heterocycles. The van der Waals surface area contributed by atoms with Crippen LogP contribution in [-0.2, 0) is 17.8 Å². The number of carboxylic acid groups (broad SMARTS) is 1. The van der Waals surface area contributed by atoms with Crippen molar-refractivity contribution in [2.75, 3.05) is 10.6 Å². The Kier molecular flexibility index (Phi) is 8.32. The van der Waals surface area contributed by atoms with Crippen LogP contribution in [0.2, 0.25) is 0 Å². The average Bonchev–Trinajstić information content (AvgIpc) is 3.55. The number of ether oxygens (including phenoxy) is 1. The van der Waals surface area contributed by atoms with Gasteiger partial charge in [0.25, 0.3) is 0 Å². The maximum atomic E-state index is 13.0. The third kappa shape index (κ3) is 6.91. The maximum absolute atomic E-state index is 13.0. The summed E-state index contributed by atoms with van der Waals surface area (Å²) in [4.78, 5) is 41.4. The van der Waals surface area contributed by atoms with Gasteiger partial charge >= 0.3 is 12.0 Å². The summed E-state index contributed by atoms with van der Waals surface area (Å²) in [5.74, 6) is -0.0444. The number of hydrogen-bond donors (Lipinski definition) is 3. The number of nitrogens with one attached hydrogen (secondary N) is 2. The number of carbonyl (C=O) groups is 3. The summed E-state index contributed by atoms with van der Waals surface area (Å²) in [5, 5.41) is 14.7. The molecule has 8 nitrogen and oxygen atoms in total. The van der Waals surface area contributed by atoms with Crippen LogP contribution in [0.3, 0.4) is 0 Å². The zero-order valence-corrected chi connectivity index (χ0v) is 20.9. The number of Topliss-reactive ketones (excluding diaryl/α,β-unsaturated/α-hetero) is 1. The molecule has 0 atom stereocenters. The minimum Gasteiger partial charge on any atom is -0.488 e. The lowest BCUT2D eigenvalue weighted by Gasteiger charge is -2.14. The predicted molar refractivity (Wildman–Crippen MR) is 139 cm³/mol. The molecule has 1 fully saturated rings. The number of aliphatic carboxylic acids is 1. The molecular formula is C27H29N3O5S. The van der Waals surface area contributed by atoms with Gasteiger partial charge in [-0.25, -0.2) is 9.78 Å². The van der Waals surface area contributed by atoms with Gasteiger partial charge in [-0.15, -0.1) is 0 Å². The van der Waals surface area contributed by atoms with Crippen LogP contribution in [0.25, 0.3) is 0 Å². The highest BCUT2D eigenvalue weighted by Crippen LogP contribution is 2.31. The van der Waals surface area contributed by atoms with Gasteiger partial charge in [-0.1, -0.05) is 47.9 Å². The fourth-order valence-corrected chi connectivity index (χ4v) is 4.94. The fraction of sp³-hybridized carbons (Fsp3) is 0.333. The molecule has 1 heterocycles. The second-order valence-electron chi connectivity index (χ2n) is 8.93. The minimum atomic E-state index is -0.824. The van der Waals surface area contributed by atoms with Crippen LogP contribution in [0.15, 0.2) is 48.7 Å². The molecule has 4 rings (SSSR count). The first-order chi connectivity index (χ1) is 17.4. The van der Waals surface area contributed by atoms with E-state index in [4.69, 9.17) is 9.84 Å². The number of urea groups is 1. The fourth-order valence-electron chi connectivity index (χ4n) is 4.22. The summed E-state index contributed by atoms with van der Waals surface area (Å²) in [6, 6.07) is 12.3. The van der Waals surface area contributed by atoms with Crippen molar-refractivity contribution in [1.82, 2.24) is 4.98 Å². The summed E-state index contributed by atoms with van der Waals surface area (Å²) in [6.45, 7) is 2.22. The van der Waals surface area contributed by atoms with Crippen molar-refractivity contribution < 1.29 is 24.2 Å². The van der Waals surface area contributed by atoms with E-state index in [9.17, 15) is 14.4 Å². The molecular weight excluding hydrogens is 478 g/mol. The third-order valence-electron chi connectivity index (χ3n) is 6.12. The van der Waals surface area contributed by atoms with Gasteiger partial charge in [0.2, 0.25) is 0 Å². The molecule has 1 aliphatic rings. The summed E-state index contributed by atoms with van der Waals surface area (Å²) in [5.41, 5.74) is 2.96. The quantitative estimate of drug-likeness (QED) is 0.287. The van der Waals surface area contributed by atoms with E-state index in [1.54, 1.807) is 24.4 Å². The first-order valence-corrected chi connectivity index (χ1v) is 12.8. The maximum Gasteiger partial charge on any atom is 0.325 e. The molecule has 3 N–H and O–H groups in total. The molecule has 36 heavy (non-hydrogen) atoms. The highest BCUT2D eigenvalue weighted by Gasteiger charge is 2.26. The predicted octanol–water partition coefficient (Wildman–Crippen LogP) is 6.06. The summed E-state index contributed by atoms with van der Waals surface area (Å²) in [6.07, 6.45) is 6.14. The van der Waals surface area contributed by atoms with Crippen LogP contribution in [0, 0.1) is 12.8 Å². The number of aryl methyl sites for hydroxylation is 2. The first kappa shape index (κ1) is 25.4. The number of carboxylic acids is 1. The van der Waals surface area contributed by atoms with Gasteiger partial charge in [-0.2, -0.15) is 0 Å². The van der Waals surface area contributed by atoms with E-state index >= 15 is 0 Å². The Balaban J connectivity index is 1.31. The van der Waals surface area contributed by atoms with Crippen molar-refractivity contribution in [2.24, 2.45) is 5.92 Å². The average molecular weight is 508 g/mol. The van der Waals surface area contributed by atoms with Gasteiger partial charge in [0, 0.05) is 24.1 Å². The van der Waals surface area contributed by atoms with E-state index in [2.05, 4.69) is 15.6 Å². The SMILES string of the molecule is Cc1ccc(NC(=O)Nc2ncc(COc3ccc(CCC(=O)O)cc3)s2)c(C(=O)C2CCCC2)c1. The molecule has 188 valence electrons. The molecule has 0 aliphatic heterocycles. The normalized spacial score (nSPS) is 13.4. The number of carbonyl (C=O) groups excluding carboxylic acids is 2. The smallest absolute Gasteiger partial charge is 0.325 e. The zero-order chi connectivity index (χ0) is 25.5. The summed E-state index contributed by atoms with van der Waals surface area (Å²) < 4.78 is 5.78. The Bertz CT molecular complexity index is 1230. The van der Waals surface area contributed by atoms with Crippen LogP contribution < -0.4 is 15.4 Å². The van der Waals surface area contributed by atoms with Crippen LogP contribution in [0.4, 0.5) is 15.6 Å². The van der Waals surface area contributed by atoms with Gasteiger partial charge < -0.3 is 15.2 Å². The van der Waals surface area contributed by atoms with Crippen LogP contribution >= 0.6 is 11.3 Å². The number of amides is 2. The van der Waals surface area contributed by atoms with Crippen molar-refractivity contribution in [3.05, 3.63) is 70.2 Å². The zero-order valence-electron chi connectivity index (χ0n) is 20.1. The molecule has 0 spiro atoms. The molecule has 3 aromatic rings. The molecule has 9 heteroatoms. The van der Waals surface area contributed by atoms with Gasteiger partial charge in [0.1, 0.15) is 12.4 Å². The van der Waals surface area contributed by atoms with Gasteiger partial charge in [-0.05, 0) is 56.0 Å². The van der Waals surface area contributed by atoms with Crippen LogP contribution in [0.1, 0.15) is 58.5 Å². The topological polar surface area (TPSA) is 118 Å². The number of aromatic nitrogens is 1. The lowest BCUT2D eigenvalue weighted by molar-refractivity contribution is -0.136. The Morgan fingerprint density at radius 2 is 1.83 bits per heavy atom. The van der Waals surface area contributed by atoms with Crippen molar-refractivity contribution in [3.63, 3.8) is 0 Å².